The Morgan fingerprint density at radius 1 is 1.41 bits per heavy atom. The lowest BCUT2D eigenvalue weighted by molar-refractivity contribution is 0.102. The maximum absolute atomic E-state index is 11.7. The summed E-state index contributed by atoms with van der Waals surface area (Å²) in [4.78, 5) is 19.7. The van der Waals surface area contributed by atoms with Gasteiger partial charge in [0.05, 0.1) is 6.20 Å². The number of aromatic nitrogens is 4. The van der Waals surface area contributed by atoms with Crippen LogP contribution in [0, 0.1) is 0 Å². The predicted octanol–water partition coefficient (Wildman–Crippen LogP) is 2.76. The van der Waals surface area contributed by atoms with Crippen LogP contribution in [-0.4, -0.2) is 26.1 Å². The summed E-state index contributed by atoms with van der Waals surface area (Å²) < 4.78 is 1.17. The molecule has 0 saturated carbocycles. The lowest BCUT2D eigenvalue weighted by Crippen LogP contribution is -2.13. The number of amides is 1. The topological polar surface area (TPSA) is 80.7 Å². The van der Waals surface area contributed by atoms with E-state index in [4.69, 9.17) is 11.6 Å². The third kappa shape index (κ3) is 3.18. The first-order chi connectivity index (χ1) is 8.06. The van der Waals surface area contributed by atoms with Gasteiger partial charge in [-0.15, -0.1) is 10.2 Å². The Morgan fingerprint density at radius 3 is 2.76 bits per heavy atom. The normalized spacial score (nSPS) is 10.3. The Morgan fingerprint density at radius 2 is 2.18 bits per heavy atom. The minimum atomic E-state index is -0.438. The largest absolute Gasteiger partial charge is 0.302 e. The van der Waals surface area contributed by atoms with Crippen molar-refractivity contribution in [3.05, 3.63) is 24.9 Å². The lowest BCUT2D eigenvalue weighted by atomic mass is 10.6. The van der Waals surface area contributed by atoms with Crippen LogP contribution in [0.4, 0.5) is 5.82 Å². The number of rotatable bonds is 2. The molecule has 6 nitrogen and oxygen atoms in total. The molecule has 1 N–H and O–H groups in total. The molecule has 2 aromatic heterocycles. The highest BCUT2D eigenvalue weighted by atomic mass is 79.9. The van der Waals surface area contributed by atoms with E-state index in [2.05, 4.69) is 57.3 Å². The minimum absolute atomic E-state index is 0.159. The molecule has 0 aromatic carbocycles. The highest BCUT2D eigenvalue weighted by Gasteiger charge is 2.14. The summed E-state index contributed by atoms with van der Waals surface area (Å²) in [5.74, 6) is -0.142. The zero-order chi connectivity index (χ0) is 12.4. The van der Waals surface area contributed by atoms with Crippen LogP contribution < -0.4 is 5.32 Å². The molecule has 0 bridgehead atoms. The van der Waals surface area contributed by atoms with Gasteiger partial charge in [0.25, 0.3) is 5.91 Å². The van der Waals surface area contributed by atoms with Crippen LogP contribution in [0.1, 0.15) is 9.80 Å². The van der Waals surface area contributed by atoms with Crippen molar-refractivity contribution in [1.29, 1.82) is 0 Å². The van der Waals surface area contributed by atoms with E-state index in [-0.39, 0.29) is 9.47 Å². The van der Waals surface area contributed by atoms with E-state index >= 15 is 0 Å². The SMILES string of the molecule is O=C(Nc1ncc(Br)nc1Br)c1nnc(Cl)s1. The number of halogens is 3. The molecule has 0 radical (unpaired) electrons. The molecule has 0 spiro atoms. The average molecular weight is 399 g/mol. The highest BCUT2D eigenvalue weighted by molar-refractivity contribution is 9.11. The quantitative estimate of drug-likeness (QED) is 0.840. The maximum atomic E-state index is 11.7. The van der Waals surface area contributed by atoms with Crippen molar-refractivity contribution in [3.63, 3.8) is 0 Å². The monoisotopic (exact) mass is 397 g/mol. The third-order valence-electron chi connectivity index (χ3n) is 1.53. The zero-order valence-corrected chi connectivity index (χ0v) is 12.6. The van der Waals surface area contributed by atoms with Crippen LogP contribution in [0.15, 0.2) is 15.4 Å². The van der Waals surface area contributed by atoms with Gasteiger partial charge in [0.15, 0.2) is 5.82 Å². The van der Waals surface area contributed by atoms with E-state index in [0.29, 0.717) is 15.0 Å². The van der Waals surface area contributed by atoms with Crippen molar-refractivity contribution in [1.82, 2.24) is 20.2 Å². The summed E-state index contributed by atoms with van der Waals surface area (Å²) in [5.41, 5.74) is 0. The molecule has 17 heavy (non-hydrogen) atoms. The molecule has 0 atom stereocenters. The van der Waals surface area contributed by atoms with Gasteiger partial charge in [-0.05, 0) is 43.5 Å². The average Bonchev–Trinajstić information content (AvgIpc) is 2.69. The van der Waals surface area contributed by atoms with Gasteiger partial charge in [0.2, 0.25) is 9.47 Å². The lowest BCUT2D eigenvalue weighted by Gasteiger charge is -2.03. The first-order valence-electron chi connectivity index (χ1n) is 4.04. The Balaban J connectivity index is 2.18. The Hall–Kier alpha value is -0.640. The number of carbonyl (C=O) groups is 1. The van der Waals surface area contributed by atoms with Gasteiger partial charge in [-0.3, -0.25) is 4.79 Å². The summed E-state index contributed by atoms with van der Waals surface area (Å²) >= 11 is 12.9. The van der Waals surface area contributed by atoms with E-state index in [0.717, 1.165) is 11.3 Å². The summed E-state index contributed by atoms with van der Waals surface area (Å²) in [5, 5.41) is 9.84. The molecule has 0 saturated heterocycles. The van der Waals surface area contributed by atoms with Crippen LogP contribution in [0.2, 0.25) is 4.47 Å². The molecule has 0 unspecified atom stereocenters. The van der Waals surface area contributed by atoms with Crippen LogP contribution in [0.5, 0.6) is 0 Å². The fourth-order valence-corrected chi connectivity index (χ4v) is 2.52. The van der Waals surface area contributed by atoms with Crippen molar-refractivity contribution in [2.45, 2.75) is 0 Å². The second-order valence-electron chi connectivity index (χ2n) is 2.65. The van der Waals surface area contributed by atoms with E-state index in [1.165, 1.54) is 6.20 Å². The number of carbonyl (C=O) groups excluding carboxylic acids is 1. The van der Waals surface area contributed by atoms with E-state index in [9.17, 15) is 4.79 Å². The summed E-state index contributed by atoms with van der Waals surface area (Å²) in [6, 6.07) is 0. The summed E-state index contributed by atoms with van der Waals surface area (Å²) in [7, 11) is 0. The van der Waals surface area contributed by atoms with Gasteiger partial charge in [-0.25, -0.2) is 9.97 Å². The smallest absolute Gasteiger partial charge is 0.287 e. The molecular weight excluding hydrogens is 397 g/mol. The second-order valence-corrected chi connectivity index (χ2v) is 5.77. The predicted molar refractivity (Wildman–Crippen MR) is 70.3 cm³/mol. The number of hydrogen-bond acceptors (Lipinski definition) is 6. The molecule has 0 aliphatic heterocycles. The molecule has 2 heterocycles. The molecule has 10 heteroatoms. The maximum Gasteiger partial charge on any atom is 0.287 e. The van der Waals surface area contributed by atoms with Gasteiger partial charge in [-0.1, -0.05) is 11.3 Å². The van der Waals surface area contributed by atoms with E-state index in [1.54, 1.807) is 0 Å². The number of nitrogens with zero attached hydrogens (tertiary/aromatic N) is 4. The fraction of sp³-hybridized carbons (Fsp3) is 0. The van der Waals surface area contributed by atoms with Crippen molar-refractivity contribution >= 4 is 66.5 Å². The van der Waals surface area contributed by atoms with Crippen molar-refractivity contribution < 1.29 is 4.79 Å². The van der Waals surface area contributed by atoms with Crippen molar-refractivity contribution in [2.24, 2.45) is 0 Å². The Kier molecular flexibility index (Phi) is 4.02. The summed E-state index contributed by atoms with van der Waals surface area (Å²) in [6.07, 6.45) is 1.47. The first-order valence-corrected chi connectivity index (χ1v) is 6.82. The van der Waals surface area contributed by atoms with Gasteiger partial charge in [-0.2, -0.15) is 0 Å². The zero-order valence-electron chi connectivity index (χ0n) is 7.82. The van der Waals surface area contributed by atoms with Gasteiger partial charge in [0.1, 0.15) is 9.21 Å². The Labute approximate surface area is 121 Å². The molecule has 88 valence electrons. The molecule has 2 aromatic rings. The first kappa shape index (κ1) is 12.8. The van der Waals surface area contributed by atoms with Gasteiger partial charge < -0.3 is 5.32 Å². The van der Waals surface area contributed by atoms with Crippen LogP contribution in [-0.2, 0) is 0 Å². The second kappa shape index (κ2) is 5.34. The fourth-order valence-electron chi connectivity index (χ4n) is 0.889. The van der Waals surface area contributed by atoms with Crippen LogP contribution in [0.25, 0.3) is 0 Å². The number of nitrogens with one attached hydrogen (secondary N) is 1. The van der Waals surface area contributed by atoms with Crippen molar-refractivity contribution in [2.75, 3.05) is 5.32 Å². The molecule has 2 rings (SSSR count). The molecular formula is C7H2Br2ClN5OS. The highest BCUT2D eigenvalue weighted by Crippen LogP contribution is 2.21. The van der Waals surface area contributed by atoms with E-state index in [1.807, 2.05) is 0 Å². The number of anilines is 1. The minimum Gasteiger partial charge on any atom is -0.302 e. The molecule has 1 amide bonds. The van der Waals surface area contributed by atoms with E-state index < -0.39 is 5.91 Å². The van der Waals surface area contributed by atoms with Gasteiger partial charge >= 0.3 is 0 Å². The standard InChI is InChI=1S/C7H2Br2ClN5OS/c8-2-1-11-4(3(9)12-2)13-5(16)6-14-15-7(10)17-6/h1H,(H,11,13,16). The number of hydrogen-bond donors (Lipinski definition) is 1. The van der Waals surface area contributed by atoms with Gasteiger partial charge in [0, 0.05) is 0 Å². The van der Waals surface area contributed by atoms with Crippen LogP contribution in [0.3, 0.4) is 0 Å². The van der Waals surface area contributed by atoms with Crippen molar-refractivity contribution in [3.8, 4) is 0 Å². The molecule has 0 aliphatic carbocycles. The third-order valence-corrected chi connectivity index (χ3v) is 3.48. The summed E-state index contributed by atoms with van der Waals surface area (Å²) in [6.45, 7) is 0. The van der Waals surface area contributed by atoms with Crippen LogP contribution >= 0.6 is 54.8 Å². The molecule has 0 fully saturated rings. The molecule has 0 aliphatic rings. The Bertz CT molecular complexity index is 577.